The van der Waals surface area contributed by atoms with Gasteiger partial charge in [0.25, 0.3) is 0 Å². The number of aliphatic hydroxyl groups is 3. The lowest BCUT2D eigenvalue weighted by Gasteiger charge is -2.27. The number of esters is 2. The standard InChI is InChI=1S/C48H95NO7/c1-5-9-13-17-19-23-33-43(31-21-15-11-7-3)47(53)55-39-29-25-35-45(51)41-49(37-27-28-38-50)42-46(52)36-26-30-40-56-48(54)44(32-22-16-12-8-4)34-24-20-18-14-10-6-2/h43-46,50-52H,5-42H2,1-4H3/t43?,44?,45-,46-/m0/s1. The molecule has 0 heterocycles. The highest BCUT2D eigenvalue weighted by molar-refractivity contribution is 5.72. The molecule has 0 saturated carbocycles. The molecule has 0 aromatic carbocycles. The van der Waals surface area contributed by atoms with E-state index >= 15 is 0 Å². The number of hydrogen-bond acceptors (Lipinski definition) is 8. The van der Waals surface area contributed by atoms with Crippen LogP contribution in [-0.2, 0) is 19.1 Å². The van der Waals surface area contributed by atoms with E-state index < -0.39 is 12.2 Å². The Morgan fingerprint density at radius 3 is 1.11 bits per heavy atom. The summed E-state index contributed by atoms with van der Waals surface area (Å²) in [5.41, 5.74) is 0. The largest absolute Gasteiger partial charge is 0.465 e. The number of nitrogens with zero attached hydrogens (tertiary/aromatic N) is 1. The summed E-state index contributed by atoms with van der Waals surface area (Å²) in [6.45, 7) is 11.5. The average Bonchev–Trinajstić information content (AvgIpc) is 3.18. The van der Waals surface area contributed by atoms with Crippen molar-refractivity contribution >= 4 is 11.9 Å². The highest BCUT2D eigenvalue weighted by Gasteiger charge is 2.21. The maximum atomic E-state index is 13.0. The van der Waals surface area contributed by atoms with Gasteiger partial charge in [-0.25, -0.2) is 0 Å². The van der Waals surface area contributed by atoms with Gasteiger partial charge in [-0.15, -0.1) is 0 Å². The molecule has 0 fully saturated rings. The Labute approximate surface area is 347 Å². The van der Waals surface area contributed by atoms with Gasteiger partial charge in [-0.2, -0.15) is 0 Å². The Morgan fingerprint density at radius 1 is 0.429 bits per heavy atom. The van der Waals surface area contributed by atoms with Gasteiger partial charge in [0.15, 0.2) is 0 Å². The minimum atomic E-state index is -0.531. The molecule has 0 aromatic rings. The number of hydrogen-bond donors (Lipinski definition) is 3. The van der Waals surface area contributed by atoms with E-state index in [0.29, 0.717) is 52.1 Å². The molecule has 334 valence electrons. The van der Waals surface area contributed by atoms with Gasteiger partial charge >= 0.3 is 11.9 Å². The predicted octanol–water partition coefficient (Wildman–Crippen LogP) is 11.9. The minimum Gasteiger partial charge on any atom is -0.465 e. The maximum absolute atomic E-state index is 13.0. The summed E-state index contributed by atoms with van der Waals surface area (Å²) in [5.74, 6) is -0.0592. The van der Waals surface area contributed by atoms with Gasteiger partial charge in [-0.3, -0.25) is 14.5 Å². The van der Waals surface area contributed by atoms with Crippen LogP contribution in [-0.4, -0.2) is 83.8 Å². The van der Waals surface area contributed by atoms with Crippen LogP contribution in [0.4, 0.5) is 0 Å². The second-order valence-electron chi connectivity index (χ2n) is 17.0. The minimum absolute atomic E-state index is 0.00900. The molecule has 2 unspecified atom stereocenters. The Balaban J connectivity index is 4.61. The lowest BCUT2D eigenvalue weighted by Crippen LogP contribution is -2.38. The van der Waals surface area contributed by atoms with Crippen LogP contribution in [0.2, 0.25) is 0 Å². The summed E-state index contributed by atoms with van der Waals surface area (Å²) in [6.07, 6.45) is 32.5. The highest BCUT2D eigenvalue weighted by atomic mass is 16.5. The molecule has 0 rings (SSSR count). The molecule has 4 atom stereocenters. The number of aliphatic hydroxyl groups excluding tert-OH is 3. The molecule has 3 N–H and O–H groups in total. The molecule has 8 nitrogen and oxygen atoms in total. The molecule has 0 aliphatic rings. The van der Waals surface area contributed by atoms with Crippen LogP contribution in [0.25, 0.3) is 0 Å². The van der Waals surface area contributed by atoms with Crippen molar-refractivity contribution in [3.8, 4) is 0 Å². The molecule has 0 amide bonds. The fourth-order valence-electron chi connectivity index (χ4n) is 7.77. The maximum Gasteiger partial charge on any atom is 0.308 e. The SMILES string of the molecule is CCCCCCCCC(CCCCCC)C(=O)OCCCC[C@H](O)CN(CCCCO)C[C@@H](O)CCCCOC(=O)C(CCCCCC)CCCCCCCC. The van der Waals surface area contributed by atoms with Crippen LogP contribution >= 0.6 is 0 Å². The summed E-state index contributed by atoms with van der Waals surface area (Å²) in [5, 5.41) is 31.1. The number of unbranched alkanes of at least 4 members (excludes halogenated alkanes) is 19. The van der Waals surface area contributed by atoms with Crippen LogP contribution in [0.5, 0.6) is 0 Å². The monoisotopic (exact) mass is 798 g/mol. The third kappa shape index (κ3) is 34.8. The first-order chi connectivity index (χ1) is 27.3. The molecule has 8 heteroatoms. The third-order valence-corrected chi connectivity index (χ3v) is 11.5. The quantitative estimate of drug-likeness (QED) is 0.0412. The molecule has 0 aliphatic heterocycles. The molecule has 0 aliphatic carbocycles. The Kier molecular flexibility index (Phi) is 41.0. The van der Waals surface area contributed by atoms with E-state index in [2.05, 4.69) is 32.6 Å². The first kappa shape index (κ1) is 54.8. The molecular weight excluding hydrogens is 703 g/mol. The van der Waals surface area contributed by atoms with E-state index in [9.17, 15) is 24.9 Å². The molecule has 0 aromatic heterocycles. The summed E-state index contributed by atoms with van der Waals surface area (Å²) in [6, 6.07) is 0. The smallest absolute Gasteiger partial charge is 0.308 e. The fraction of sp³-hybridized carbons (Fsp3) is 0.958. The van der Waals surface area contributed by atoms with Crippen molar-refractivity contribution in [2.45, 2.75) is 245 Å². The molecule has 0 saturated heterocycles. The van der Waals surface area contributed by atoms with Gasteiger partial charge in [0, 0.05) is 19.7 Å². The summed E-state index contributed by atoms with van der Waals surface area (Å²) in [4.78, 5) is 28.1. The lowest BCUT2D eigenvalue weighted by molar-refractivity contribution is -0.150. The van der Waals surface area contributed by atoms with Gasteiger partial charge in [0.2, 0.25) is 0 Å². The fourth-order valence-corrected chi connectivity index (χ4v) is 7.77. The molecule has 0 radical (unpaired) electrons. The van der Waals surface area contributed by atoms with Crippen LogP contribution < -0.4 is 0 Å². The lowest BCUT2D eigenvalue weighted by atomic mass is 9.94. The number of carbonyl (C=O) groups excluding carboxylic acids is 2. The van der Waals surface area contributed by atoms with Crippen LogP contribution in [0.15, 0.2) is 0 Å². The first-order valence-electron chi connectivity index (χ1n) is 24.3. The van der Waals surface area contributed by atoms with E-state index in [0.717, 1.165) is 83.5 Å². The van der Waals surface area contributed by atoms with Gasteiger partial charge in [-0.1, -0.05) is 156 Å². The van der Waals surface area contributed by atoms with Crippen molar-refractivity contribution in [3.05, 3.63) is 0 Å². The average molecular weight is 798 g/mol. The Morgan fingerprint density at radius 2 is 0.750 bits per heavy atom. The van der Waals surface area contributed by atoms with Gasteiger partial charge in [0.05, 0.1) is 37.3 Å². The van der Waals surface area contributed by atoms with Crippen molar-refractivity contribution in [1.29, 1.82) is 0 Å². The van der Waals surface area contributed by atoms with Gasteiger partial charge < -0.3 is 24.8 Å². The third-order valence-electron chi connectivity index (χ3n) is 11.5. The summed E-state index contributed by atoms with van der Waals surface area (Å²) in [7, 11) is 0. The van der Waals surface area contributed by atoms with Gasteiger partial charge in [-0.05, 0) is 83.6 Å². The summed E-state index contributed by atoms with van der Waals surface area (Å²) >= 11 is 0. The van der Waals surface area contributed by atoms with Gasteiger partial charge in [0.1, 0.15) is 0 Å². The molecule has 56 heavy (non-hydrogen) atoms. The van der Waals surface area contributed by atoms with Crippen molar-refractivity contribution in [2.75, 3.05) is 39.5 Å². The summed E-state index contributed by atoms with van der Waals surface area (Å²) < 4.78 is 11.5. The molecule has 0 spiro atoms. The normalized spacial score (nSPS) is 13.9. The van der Waals surface area contributed by atoms with Crippen molar-refractivity contribution in [3.63, 3.8) is 0 Å². The Hall–Kier alpha value is -1.22. The zero-order valence-electron chi connectivity index (χ0n) is 37.6. The molecule has 0 bridgehead atoms. The zero-order chi connectivity index (χ0) is 41.3. The second kappa shape index (κ2) is 41.9. The van der Waals surface area contributed by atoms with E-state index in [4.69, 9.17) is 9.47 Å². The van der Waals surface area contributed by atoms with E-state index in [1.807, 2.05) is 0 Å². The van der Waals surface area contributed by atoms with Crippen LogP contribution in [0.3, 0.4) is 0 Å². The topological polar surface area (TPSA) is 117 Å². The number of rotatable bonds is 44. The van der Waals surface area contributed by atoms with Crippen LogP contribution in [0.1, 0.15) is 233 Å². The number of carbonyl (C=O) groups is 2. The van der Waals surface area contributed by atoms with Crippen molar-refractivity contribution in [2.24, 2.45) is 11.8 Å². The first-order valence-corrected chi connectivity index (χ1v) is 24.3. The molecular formula is C48H95NO7. The van der Waals surface area contributed by atoms with E-state index in [1.165, 1.54) is 103 Å². The van der Waals surface area contributed by atoms with E-state index in [1.54, 1.807) is 0 Å². The second-order valence-corrected chi connectivity index (χ2v) is 17.0. The highest BCUT2D eigenvalue weighted by Crippen LogP contribution is 2.22. The zero-order valence-corrected chi connectivity index (χ0v) is 37.6. The van der Waals surface area contributed by atoms with Crippen molar-refractivity contribution in [1.82, 2.24) is 4.90 Å². The number of ether oxygens (including phenoxy) is 2. The van der Waals surface area contributed by atoms with Crippen LogP contribution in [0, 0.1) is 11.8 Å². The Bertz CT molecular complexity index is 780. The van der Waals surface area contributed by atoms with Crippen molar-refractivity contribution < 1.29 is 34.4 Å². The predicted molar refractivity (Wildman–Crippen MR) is 235 cm³/mol. The van der Waals surface area contributed by atoms with E-state index in [-0.39, 0.29) is 30.4 Å².